The predicted molar refractivity (Wildman–Crippen MR) is 69.7 cm³/mol. The molecule has 0 heterocycles. The lowest BCUT2D eigenvalue weighted by atomic mass is 9.93. The first kappa shape index (κ1) is 11.4. The molecule has 1 nitrogen and oxygen atoms in total. The van der Waals surface area contributed by atoms with Gasteiger partial charge in [0, 0.05) is 0 Å². The van der Waals surface area contributed by atoms with Crippen LogP contribution in [-0.2, 0) is 6.42 Å². The van der Waals surface area contributed by atoms with Crippen LogP contribution < -0.4 is 0 Å². The molecule has 0 spiro atoms. The summed E-state index contributed by atoms with van der Waals surface area (Å²) in [5.41, 5.74) is 3.36. The molecule has 0 N–H and O–H groups in total. The average molecular weight is 221 g/mol. The quantitative estimate of drug-likeness (QED) is 0.771. The molecule has 2 aromatic carbocycles. The van der Waals surface area contributed by atoms with Crippen LogP contribution in [0, 0.1) is 11.3 Å². The molecule has 2 aromatic rings. The topological polar surface area (TPSA) is 23.8 Å². The maximum atomic E-state index is 8.75. The molecular formula is C16H15N. The molecule has 2 rings (SSSR count). The van der Waals surface area contributed by atoms with Crippen LogP contribution in [0.1, 0.15) is 29.5 Å². The third kappa shape index (κ3) is 2.95. The highest BCUT2D eigenvalue weighted by Crippen LogP contribution is 2.20. The second-order valence-electron chi connectivity index (χ2n) is 4.32. The van der Waals surface area contributed by atoms with Crippen molar-refractivity contribution >= 4 is 0 Å². The van der Waals surface area contributed by atoms with E-state index in [1.165, 1.54) is 11.1 Å². The van der Waals surface area contributed by atoms with Crippen LogP contribution in [0.3, 0.4) is 0 Å². The van der Waals surface area contributed by atoms with E-state index in [4.69, 9.17) is 5.26 Å². The first-order valence-corrected chi connectivity index (χ1v) is 5.83. The zero-order chi connectivity index (χ0) is 12.1. The van der Waals surface area contributed by atoms with E-state index in [1.54, 1.807) is 0 Å². The smallest absolute Gasteiger partial charge is 0.0991 e. The maximum absolute atomic E-state index is 8.75. The SMILES string of the molecule is CC(Cc1ccccc1)c1ccc(C#N)cc1. The first-order chi connectivity index (χ1) is 8.29. The van der Waals surface area contributed by atoms with Crippen LogP contribution in [0.5, 0.6) is 0 Å². The highest BCUT2D eigenvalue weighted by Gasteiger charge is 2.06. The zero-order valence-electron chi connectivity index (χ0n) is 9.93. The Labute approximate surface area is 102 Å². The monoisotopic (exact) mass is 221 g/mol. The fraction of sp³-hybridized carbons (Fsp3) is 0.188. The summed E-state index contributed by atoms with van der Waals surface area (Å²) in [5.74, 6) is 0.477. The number of hydrogen-bond donors (Lipinski definition) is 0. The Hall–Kier alpha value is -2.07. The summed E-state index contributed by atoms with van der Waals surface area (Å²) in [6.07, 6.45) is 1.03. The number of nitriles is 1. The Bertz CT molecular complexity index is 505. The van der Waals surface area contributed by atoms with Gasteiger partial charge in [0.15, 0.2) is 0 Å². The highest BCUT2D eigenvalue weighted by molar-refractivity contribution is 5.33. The van der Waals surface area contributed by atoms with Gasteiger partial charge in [-0.25, -0.2) is 0 Å². The second kappa shape index (κ2) is 5.32. The molecular weight excluding hydrogens is 206 g/mol. The fourth-order valence-electron chi connectivity index (χ4n) is 1.97. The number of rotatable bonds is 3. The fourth-order valence-corrected chi connectivity index (χ4v) is 1.97. The molecule has 1 heteroatoms. The van der Waals surface area contributed by atoms with Gasteiger partial charge in [0.2, 0.25) is 0 Å². The van der Waals surface area contributed by atoms with Gasteiger partial charge in [-0.1, -0.05) is 49.4 Å². The molecule has 1 atom stereocenters. The summed E-state index contributed by atoms with van der Waals surface area (Å²) in [6, 6.07) is 20.5. The maximum Gasteiger partial charge on any atom is 0.0991 e. The van der Waals surface area contributed by atoms with E-state index in [1.807, 2.05) is 30.3 Å². The third-order valence-electron chi connectivity index (χ3n) is 2.99. The van der Waals surface area contributed by atoms with Gasteiger partial charge < -0.3 is 0 Å². The van der Waals surface area contributed by atoms with Crippen LogP contribution in [0.15, 0.2) is 54.6 Å². The van der Waals surface area contributed by atoms with Gasteiger partial charge in [0.05, 0.1) is 11.6 Å². The van der Waals surface area contributed by atoms with E-state index in [0.29, 0.717) is 5.92 Å². The second-order valence-corrected chi connectivity index (χ2v) is 4.32. The summed E-state index contributed by atoms with van der Waals surface area (Å²) in [6.45, 7) is 2.22. The Morgan fingerprint density at radius 2 is 1.65 bits per heavy atom. The van der Waals surface area contributed by atoms with Crippen molar-refractivity contribution < 1.29 is 0 Å². The van der Waals surface area contributed by atoms with Crippen molar-refractivity contribution in [1.82, 2.24) is 0 Å². The van der Waals surface area contributed by atoms with Crippen molar-refractivity contribution in [2.75, 3.05) is 0 Å². The molecule has 0 saturated carbocycles. The molecule has 17 heavy (non-hydrogen) atoms. The van der Waals surface area contributed by atoms with Gasteiger partial charge in [0.25, 0.3) is 0 Å². The van der Waals surface area contributed by atoms with E-state index in [0.717, 1.165) is 12.0 Å². The summed E-state index contributed by atoms with van der Waals surface area (Å²) < 4.78 is 0. The minimum Gasteiger partial charge on any atom is -0.192 e. The molecule has 0 aromatic heterocycles. The number of hydrogen-bond acceptors (Lipinski definition) is 1. The minimum atomic E-state index is 0.477. The van der Waals surface area contributed by atoms with Crippen molar-refractivity contribution in [2.45, 2.75) is 19.3 Å². The molecule has 1 unspecified atom stereocenters. The number of nitrogens with zero attached hydrogens (tertiary/aromatic N) is 1. The van der Waals surface area contributed by atoms with Gasteiger partial charge in [-0.3, -0.25) is 0 Å². The first-order valence-electron chi connectivity index (χ1n) is 5.83. The van der Waals surface area contributed by atoms with E-state index in [-0.39, 0.29) is 0 Å². The lowest BCUT2D eigenvalue weighted by molar-refractivity contribution is 0.759. The molecule has 0 fully saturated rings. The number of benzene rings is 2. The molecule has 84 valence electrons. The highest BCUT2D eigenvalue weighted by atomic mass is 14.2. The third-order valence-corrected chi connectivity index (χ3v) is 2.99. The Balaban J connectivity index is 2.10. The van der Waals surface area contributed by atoms with Crippen LogP contribution >= 0.6 is 0 Å². The van der Waals surface area contributed by atoms with Crippen molar-refractivity contribution in [1.29, 1.82) is 5.26 Å². The summed E-state index contributed by atoms with van der Waals surface area (Å²) in [7, 11) is 0. The van der Waals surface area contributed by atoms with Gasteiger partial charge in [-0.05, 0) is 35.6 Å². The Morgan fingerprint density at radius 1 is 1.00 bits per heavy atom. The standard InChI is InChI=1S/C16H15N/c1-13(11-14-5-3-2-4-6-14)16-9-7-15(12-17)8-10-16/h2-10,13H,11H2,1H3. The molecule has 0 saturated heterocycles. The Kier molecular flexibility index (Phi) is 3.57. The van der Waals surface area contributed by atoms with Crippen LogP contribution in [-0.4, -0.2) is 0 Å². The van der Waals surface area contributed by atoms with Crippen molar-refractivity contribution in [2.24, 2.45) is 0 Å². The van der Waals surface area contributed by atoms with Crippen molar-refractivity contribution in [3.8, 4) is 6.07 Å². The van der Waals surface area contributed by atoms with Gasteiger partial charge in [-0.15, -0.1) is 0 Å². The molecule has 0 aliphatic heterocycles. The summed E-state index contributed by atoms with van der Waals surface area (Å²) >= 11 is 0. The van der Waals surface area contributed by atoms with E-state index >= 15 is 0 Å². The van der Waals surface area contributed by atoms with Gasteiger partial charge in [0.1, 0.15) is 0 Å². The summed E-state index contributed by atoms with van der Waals surface area (Å²) in [5, 5.41) is 8.75. The molecule has 0 aliphatic rings. The molecule has 0 radical (unpaired) electrons. The lowest BCUT2D eigenvalue weighted by Crippen LogP contribution is -1.98. The normalized spacial score (nSPS) is 11.8. The van der Waals surface area contributed by atoms with E-state index in [2.05, 4.69) is 37.3 Å². The van der Waals surface area contributed by atoms with Crippen molar-refractivity contribution in [3.63, 3.8) is 0 Å². The predicted octanol–water partition coefficient (Wildman–Crippen LogP) is 3.90. The van der Waals surface area contributed by atoms with Gasteiger partial charge >= 0.3 is 0 Å². The minimum absolute atomic E-state index is 0.477. The van der Waals surface area contributed by atoms with Crippen LogP contribution in [0.25, 0.3) is 0 Å². The largest absolute Gasteiger partial charge is 0.192 e. The summed E-state index contributed by atoms with van der Waals surface area (Å²) in [4.78, 5) is 0. The molecule has 0 amide bonds. The van der Waals surface area contributed by atoms with Crippen LogP contribution in [0.4, 0.5) is 0 Å². The van der Waals surface area contributed by atoms with Crippen molar-refractivity contribution in [3.05, 3.63) is 71.3 Å². The van der Waals surface area contributed by atoms with E-state index in [9.17, 15) is 0 Å². The Morgan fingerprint density at radius 3 is 2.24 bits per heavy atom. The lowest BCUT2D eigenvalue weighted by Gasteiger charge is -2.11. The molecule has 0 aliphatic carbocycles. The zero-order valence-corrected chi connectivity index (χ0v) is 9.93. The van der Waals surface area contributed by atoms with Gasteiger partial charge in [-0.2, -0.15) is 5.26 Å². The average Bonchev–Trinajstić information content (AvgIpc) is 2.40. The van der Waals surface area contributed by atoms with Crippen LogP contribution in [0.2, 0.25) is 0 Å². The molecule has 0 bridgehead atoms. The van der Waals surface area contributed by atoms with E-state index < -0.39 is 0 Å².